The van der Waals surface area contributed by atoms with Crippen molar-refractivity contribution in [2.45, 2.75) is 63.3 Å². The molecule has 0 aromatic heterocycles. The second-order valence-corrected chi connectivity index (χ2v) is 9.20. The first-order valence-electron chi connectivity index (χ1n) is 10.3. The predicted molar refractivity (Wildman–Crippen MR) is 107 cm³/mol. The minimum absolute atomic E-state index is 0.00699. The number of carbonyl (C=O) groups excluding carboxylic acids is 1. The maximum atomic E-state index is 13.0. The molecule has 2 aromatic carbocycles. The largest absolute Gasteiger partial charge is 0.507 e. The Morgan fingerprint density at radius 1 is 1.21 bits per heavy atom. The van der Waals surface area contributed by atoms with Crippen molar-refractivity contribution in [3.63, 3.8) is 0 Å². The van der Waals surface area contributed by atoms with Crippen LogP contribution in [0.1, 0.15) is 66.9 Å². The van der Waals surface area contributed by atoms with Gasteiger partial charge in [-0.3, -0.25) is 4.79 Å². The van der Waals surface area contributed by atoms with Crippen molar-refractivity contribution in [2.75, 3.05) is 0 Å². The lowest BCUT2D eigenvalue weighted by atomic mass is 9.68. The molecule has 2 N–H and O–H groups in total. The van der Waals surface area contributed by atoms with E-state index in [0.717, 1.165) is 31.2 Å². The second kappa shape index (κ2) is 6.23. The number of aromatic hydroxyl groups is 2. The molecule has 5 nitrogen and oxygen atoms in total. The molecular formula is C24H26O5. The van der Waals surface area contributed by atoms with Crippen molar-refractivity contribution in [1.29, 1.82) is 0 Å². The summed E-state index contributed by atoms with van der Waals surface area (Å²) >= 11 is 0. The Morgan fingerprint density at radius 3 is 2.72 bits per heavy atom. The summed E-state index contributed by atoms with van der Waals surface area (Å²) in [5.41, 5.74) is 1.18. The van der Waals surface area contributed by atoms with Crippen LogP contribution in [0.3, 0.4) is 0 Å². The molecule has 1 saturated carbocycles. The Labute approximate surface area is 170 Å². The molecule has 5 rings (SSSR count). The van der Waals surface area contributed by atoms with Crippen LogP contribution in [0, 0.1) is 5.92 Å². The van der Waals surface area contributed by atoms with Gasteiger partial charge in [0.2, 0.25) is 5.79 Å². The number of carbonyl (C=O) groups is 1. The molecule has 3 atom stereocenters. The molecule has 152 valence electrons. The van der Waals surface area contributed by atoms with E-state index in [-0.39, 0.29) is 46.7 Å². The average Bonchev–Trinajstić information content (AvgIpc) is 2.92. The number of rotatable bonds is 3. The summed E-state index contributed by atoms with van der Waals surface area (Å²) in [6.45, 7) is 4.13. The molecular weight excluding hydrogens is 368 g/mol. The number of ketones is 1. The van der Waals surface area contributed by atoms with Crippen molar-refractivity contribution in [2.24, 2.45) is 5.92 Å². The quantitative estimate of drug-likeness (QED) is 0.739. The molecule has 2 fully saturated rings. The fourth-order valence-corrected chi connectivity index (χ4v) is 5.64. The summed E-state index contributed by atoms with van der Waals surface area (Å²) in [6, 6.07) is 10.8. The maximum Gasteiger partial charge on any atom is 0.214 e. The van der Waals surface area contributed by atoms with Crippen LogP contribution < -0.4 is 4.74 Å². The van der Waals surface area contributed by atoms with E-state index < -0.39 is 5.79 Å². The zero-order chi connectivity index (χ0) is 20.4. The van der Waals surface area contributed by atoms with Crippen LogP contribution in [0.25, 0.3) is 0 Å². The fraction of sp³-hybridized carbons (Fsp3) is 0.458. The van der Waals surface area contributed by atoms with E-state index in [1.54, 1.807) is 0 Å². The average molecular weight is 394 g/mol. The van der Waals surface area contributed by atoms with Crippen molar-refractivity contribution in [3.8, 4) is 17.2 Å². The lowest BCUT2D eigenvalue weighted by molar-refractivity contribution is -0.234. The first-order chi connectivity index (χ1) is 13.8. The van der Waals surface area contributed by atoms with Gasteiger partial charge < -0.3 is 19.7 Å². The Bertz CT molecular complexity index is 981. The number of phenolic OH excluding ortho intramolecular Hbond substituents is 2. The number of ether oxygens (including phenoxy) is 2. The highest BCUT2D eigenvalue weighted by molar-refractivity contribution is 6.03. The van der Waals surface area contributed by atoms with Gasteiger partial charge in [-0.05, 0) is 38.7 Å². The molecule has 1 saturated heterocycles. The monoisotopic (exact) mass is 394 g/mol. The molecule has 2 aliphatic heterocycles. The fourth-order valence-electron chi connectivity index (χ4n) is 5.64. The number of benzene rings is 2. The van der Waals surface area contributed by atoms with E-state index in [2.05, 4.69) is 13.8 Å². The van der Waals surface area contributed by atoms with Gasteiger partial charge in [0.1, 0.15) is 22.8 Å². The number of fused-ring (bicyclic) bond motifs is 2. The SMILES string of the molecule is CC1(C)C[C@H]2[C@@H]3CCC[C@]2(Oc2cc(O)c(C(=O)Cc4ccccc4)c(O)c23)O1. The van der Waals surface area contributed by atoms with Gasteiger partial charge in [0.15, 0.2) is 5.78 Å². The highest BCUT2D eigenvalue weighted by atomic mass is 16.7. The molecule has 29 heavy (non-hydrogen) atoms. The van der Waals surface area contributed by atoms with Crippen LogP contribution in [-0.2, 0) is 11.2 Å². The van der Waals surface area contributed by atoms with Gasteiger partial charge in [-0.1, -0.05) is 30.3 Å². The summed E-state index contributed by atoms with van der Waals surface area (Å²) in [7, 11) is 0. The maximum absolute atomic E-state index is 13.0. The van der Waals surface area contributed by atoms with E-state index in [0.29, 0.717) is 11.3 Å². The molecule has 5 heteroatoms. The molecule has 3 aliphatic rings. The van der Waals surface area contributed by atoms with E-state index in [1.807, 2.05) is 30.3 Å². The van der Waals surface area contributed by atoms with E-state index in [1.165, 1.54) is 6.07 Å². The zero-order valence-electron chi connectivity index (χ0n) is 16.8. The molecule has 1 aliphatic carbocycles. The summed E-state index contributed by atoms with van der Waals surface area (Å²) in [6.07, 6.45) is 3.60. The lowest BCUT2D eigenvalue weighted by Crippen LogP contribution is -2.50. The number of hydrogen-bond acceptors (Lipinski definition) is 5. The molecule has 0 spiro atoms. The van der Waals surface area contributed by atoms with Crippen LogP contribution in [0.4, 0.5) is 0 Å². The summed E-state index contributed by atoms with van der Waals surface area (Å²) in [4.78, 5) is 13.0. The molecule has 0 amide bonds. The highest BCUT2D eigenvalue weighted by Crippen LogP contribution is 2.62. The van der Waals surface area contributed by atoms with E-state index in [4.69, 9.17) is 9.47 Å². The van der Waals surface area contributed by atoms with Crippen molar-refractivity contribution >= 4 is 5.78 Å². The highest BCUT2D eigenvalue weighted by Gasteiger charge is 2.61. The van der Waals surface area contributed by atoms with Crippen molar-refractivity contribution < 1.29 is 24.5 Å². The number of hydrogen-bond donors (Lipinski definition) is 2. The van der Waals surface area contributed by atoms with E-state index >= 15 is 0 Å². The van der Waals surface area contributed by atoms with Gasteiger partial charge in [-0.2, -0.15) is 0 Å². The van der Waals surface area contributed by atoms with Crippen LogP contribution in [0.15, 0.2) is 36.4 Å². The van der Waals surface area contributed by atoms with Gasteiger partial charge in [-0.15, -0.1) is 0 Å². The standard InChI is InChI=1S/C24H26O5/c1-23(2)13-16-15-9-6-10-24(16,29-23)28-19-12-18(26)21(22(27)20(15)19)17(25)11-14-7-4-3-5-8-14/h3-5,7-8,12,15-16,26-27H,6,9-11,13H2,1-2H3/t15-,16-,24-/m0/s1. The number of phenols is 2. The van der Waals surface area contributed by atoms with Crippen LogP contribution in [0.2, 0.25) is 0 Å². The Hall–Kier alpha value is -2.53. The summed E-state index contributed by atoms with van der Waals surface area (Å²) in [5.74, 6) is -0.754. The molecule has 0 unspecified atom stereocenters. The zero-order valence-corrected chi connectivity index (χ0v) is 16.8. The van der Waals surface area contributed by atoms with Gasteiger partial charge in [0.05, 0.1) is 5.60 Å². The summed E-state index contributed by atoms with van der Waals surface area (Å²) < 4.78 is 12.7. The molecule has 0 radical (unpaired) electrons. The Kier molecular flexibility index (Phi) is 3.97. The van der Waals surface area contributed by atoms with Crippen LogP contribution >= 0.6 is 0 Å². The summed E-state index contributed by atoms with van der Waals surface area (Å²) in [5, 5.41) is 21.7. The smallest absolute Gasteiger partial charge is 0.214 e. The second-order valence-electron chi connectivity index (χ2n) is 9.20. The van der Waals surface area contributed by atoms with Crippen LogP contribution in [0.5, 0.6) is 17.2 Å². The normalized spacial score (nSPS) is 28.9. The third kappa shape index (κ3) is 2.83. The first kappa shape index (κ1) is 18.5. The Morgan fingerprint density at radius 2 is 1.97 bits per heavy atom. The third-order valence-corrected chi connectivity index (χ3v) is 6.67. The number of Topliss-reactive ketones (excluding diaryl/α,β-unsaturated/α-hetero) is 1. The molecule has 2 bridgehead atoms. The topological polar surface area (TPSA) is 76.0 Å². The minimum Gasteiger partial charge on any atom is -0.507 e. The van der Waals surface area contributed by atoms with Gasteiger partial charge in [0, 0.05) is 36.3 Å². The van der Waals surface area contributed by atoms with E-state index in [9.17, 15) is 15.0 Å². The van der Waals surface area contributed by atoms with Gasteiger partial charge >= 0.3 is 0 Å². The Balaban J connectivity index is 1.57. The predicted octanol–water partition coefficient (Wildman–Crippen LogP) is 4.69. The van der Waals surface area contributed by atoms with Crippen molar-refractivity contribution in [3.05, 3.63) is 53.1 Å². The lowest BCUT2D eigenvalue weighted by Gasteiger charge is -2.47. The first-order valence-corrected chi connectivity index (χ1v) is 10.3. The van der Waals surface area contributed by atoms with Gasteiger partial charge in [-0.25, -0.2) is 0 Å². The van der Waals surface area contributed by atoms with Crippen molar-refractivity contribution in [1.82, 2.24) is 0 Å². The van der Waals surface area contributed by atoms with Gasteiger partial charge in [0.25, 0.3) is 0 Å². The molecule has 2 heterocycles. The molecule has 2 aromatic rings. The minimum atomic E-state index is -0.701. The van der Waals surface area contributed by atoms with Crippen LogP contribution in [-0.4, -0.2) is 27.4 Å². The third-order valence-electron chi connectivity index (χ3n) is 6.67.